The SMILES string of the molecule is CCn1cc([C@@H]2NC(=O)CC[C@H]2NCc2cccn2C)cn1. The van der Waals surface area contributed by atoms with Crippen LogP contribution in [0.25, 0.3) is 0 Å². The molecule has 2 aromatic rings. The number of carbonyl (C=O) groups excluding carboxylic acids is 1. The monoisotopic (exact) mass is 301 g/mol. The molecule has 2 N–H and O–H groups in total. The number of rotatable bonds is 5. The molecule has 2 aromatic heterocycles. The fourth-order valence-corrected chi connectivity index (χ4v) is 2.96. The lowest BCUT2D eigenvalue weighted by molar-refractivity contribution is -0.123. The van der Waals surface area contributed by atoms with E-state index in [0.29, 0.717) is 6.42 Å². The summed E-state index contributed by atoms with van der Waals surface area (Å²) in [6.07, 6.45) is 7.34. The van der Waals surface area contributed by atoms with Crippen LogP contribution in [0.1, 0.15) is 37.1 Å². The number of nitrogens with zero attached hydrogens (tertiary/aromatic N) is 3. The summed E-state index contributed by atoms with van der Waals surface area (Å²) < 4.78 is 4.00. The van der Waals surface area contributed by atoms with Crippen LogP contribution >= 0.6 is 0 Å². The van der Waals surface area contributed by atoms with Gasteiger partial charge in [0.2, 0.25) is 5.91 Å². The average Bonchev–Trinajstić information content (AvgIpc) is 3.15. The molecule has 0 bridgehead atoms. The zero-order valence-electron chi connectivity index (χ0n) is 13.1. The Balaban J connectivity index is 1.72. The van der Waals surface area contributed by atoms with Gasteiger partial charge < -0.3 is 15.2 Å². The highest BCUT2D eigenvalue weighted by Gasteiger charge is 2.30. The van der Waals surface area contributed by atoms with Crippen molar-refractivity contribution >= 4 is 5.91 Å². The van der Waals surface area contributed by atoms with Gasteiger partial charge in [-0.25, -0.2) is 0 Å². The van der Waals surface area contributed by atoms with Gasteiger partial charge in [-0.05, 0) is 25.5 Å². The number of piperidine rings is 1. The number of amides is 1. The highest BCUT2D eigenvalue weighted by atomic mass is 16.1. The fraction of sp³-hybridized carbons (Fsp3) is 0.500. The Morgan fingerprint density at radius 3 is 3.05 bits per heavy atom. The highest BCUT2D eigenvalue weighted by Crippen LogP contribution is 2.24. The first-order chi connectivity index (χ1) is 10.7. The van der Waals surface area contributed by atoms with Crippen LogP contribution in [0.15, 0.2) is 30.7 Å². The minimum Gasteiger partial charge on any atom is -0.353 e. The van der Waals surface area contributed by atoms with E-state index in [2.05, 4.69) is 33.3 Å². The van der Waals surface area contributed by atoms with Gasteiger partial charge in [-0.2, -0.15) is 5.10 Å². The fourth-order valence-electron chi connectivity index (χ4n) is 2.96. The lowest BCUT2D eigenvalue weighted by Gasteiger charge is -2.32. The molecule has 0 aliphatic carbocycles. The zero-order chi connectivity index (χ0) is 15.5. The molecule has 0 unspecified atom stereocenters. The molecule has 6 nitrogen and oxygen atoms in total. The Kier molecular flexibility index (Phi) is 4.29. The summed E-state index contributed by atoms with van der Waals surface area (Å²) >= 11 is 0. The molecule has 118 valence electrons. The molecule has 22 heavy (non-hydrogen) atoms. The third-order valence-electron chi connectivity index (χ3n) is 4.33. The predicted octanol–water partition coefficient (Wildman–Crippen LogP) is 1.35. The van der Waals surface area contributed by atoms with Gasteiger partial charge in [-0.15, -0.1) is 0 Å². The van der Waals surface area contributed by atoms with Gasteiger partial charge in [0.25, 0.3) is 0 Å². The molecule has 3 rings (SSSR count). The van der Waals surface area contributed by atoms with Crippen LogP contribution < -0.4 is 10.6 Å². The molecule has 0 spiro atoms. The molecular formula is C16H23N5O. The summed E-state index contributed by atoms with van der Waals surface area (Å²) in [4.78, 5) is 11.8. The van der Waals surface area contributed by atoms with Crippen LogP contribution in [0.4, 0.5) is 0 Å². The van der Waals surface area contributed by atoms with Gasteiger partial charge in [0.05, 0.1) is 12.2 Å². The molecule has 0 radical (unpaired) electrons. The minimum atomic E-state index is -0.0122. The molecule has 1 aliphatic heterocycles. The molecule has 1 aliphatic rings. The highest BCUT2D eigenvalue weighted by molar-refractivity contribution is 5.77. The molecular weight excluding hydrogens is 278 g/mol. The van der Waals surface area contributed by atoms with Gasteiger partial charge in [0.15, 0.2) is 0 Å². The van der Waals surface area contributed by atoms with Crippen molar-refractivity contribution in [3.05, 3.63) is 42.0 Å². The van der Waals surface area contributed by atoms with Crippen LogP contribution in [-0.2, 0) is 24.9 Å². The third kappa shape index (κ3) is 3.06. The largest absolute Gasteiger partial charge is 0.353 e. The Bertz CT molecular complexity index is 645. The van der Waals surface area contributed by atoms with Gasteiger partial charge in [0, 0.05) is 56.3 Å². The van der Waals surface area contributed by atoms with Crippen molar-refractivity contribution in [3.8, 4) is 0 Å². The number of nitrogens with one attached hydrogen (secondary N) is 2. The molecule has 1 saturated heterocycles. The van der Waals surface area contributed by atoms with Gasteiger partial charge in [-0.3, -0.25) is 9.48 Å². The lowest BCUT2D eigenvalue weighted by Crippen LogP contribution is -2.48. The summed E-state index contributed by atoms with van der Waals surface area (Å²) in [5.41, 5.74) is 2.30. The van der Waals surface area contributed by atoms with Crippen molar-refractivity contribution in [2.45, 2.75) is 44.9 Å². The first-order valence-electron chi connectivity index (χ1n) is 7.82. The average molecular weight is 301 g/mol. The number of hydrogen-bond acceptors (Lipinski definition) is 3. The van der Waals surface area contributed by atoms with Crippen LogP contribution in [0, 0.1) is 0 Å². The molecule has 0 saturated carbocycles. The van der Waals surface area contributed by atoms with Crippen molar-refractivity contribution in [2.75, 3.05) is 0 Å². The summed E-state index contributed by atoms with van der Waals surface area (Å²) in [6.45, 7) is 3.69. The van der Waals surface area contributed by atoms with Crippen molar-refractivity contribution in [2.24, 2.45) is 7.05 Å². The van der Waals surface area contributed by atoms with Gasteiger partial charge in [-0.1, -0.05) is 0 Å². The van der Waals surface area contributed by atoms with Crippen molar-refractivity contribution in [1.82, 2.24) is 25.0 Å². The third-order valence-corrected chi connectivity index (χ3v) is 4.33. The van der Waals surface area contributed by atoms with E-state index in [-0.39, 0.29) is 18.0 Å². The van der Waals surface area contributed by atoms with E-state index >= 15 is 0 Å². The number of aromatic nitrogens is 3. The maximum absolute atomic E-state index is 11.8. The topological polar surface area (TPSA) is 63.9 Å². The lowest BCUT2D eigenvalue weighted by atomic mass is 9.93. The molecule has 1 amide bonds. The Morgan fingerprint density at radius 1 is 1.50 bits per heavy atom. The molecule has 0 aromatic carbocycles. The summed E-state index contributed by atoms with van der Waals surface area (Å²) in [5, 5.41) is 11.0. The summed E-state index contributed by atoms with van der Waals surface area (Å²) in [5.74, 6) is 0.117. The maximum atomic E-state index is 11.8. The quantitative estimate of drug-likeness (QED) is 0.876. The predicted molar refractivity (Wildman–Crippen MR) is 84.1 cm³/mol. The summed E-state index contributed by atoms with van der Waals surface area (Å²) in [7, 11) is 2.04. The Hall–Kier alpha value is -2.08. The second-order valence-corrected chi connectivity index (χ2v) is 5.81. The van der Waals surface area contributed by atoms with E-state index in [1.807, 2.05) is 36.4 Å². The van der Waals surface area contributed by atoms with Gasteiger partial charge >= 0.3 is 0 Å². The van der Waals surface area contributed by atoms with E-state index in [1.54, 1.807) is 0 Å². The maximum Gasteiger partial charge on any atom is 0.220 e. The second-order valence-electron chi connectivity index (χ2n) is 5.81. The molecule has 2 atom stereocenters. The van der Waals surface area contributed by atoms with E-state index in [4.69, 9.17) is 0 Å². The first kappa shape index (κ1) is 14.8. The van der Waals surface area contributed by atoms with Crippen LogP contribution in [0.3, 0.4) is 0 Å². The van der Waals surface area contributed by atoms with Gasteiger partial charge in [0.1, 0.15) is 0 Å². The number of carbonyl (C=O) groups is 1. The molecule has 3 heterocycles. The minimum absolute atomic E-state index is 0.0122. The normalized spacial score (nSPS) is 21.8. The zero-order valence-corrected chi connectivity index (χ0v) is 13.1. The van der Waals surface area contributed by atoms with E-state index in [1.165, 1.54) is 5.69 Å². The van der Waals surface area contributed by atoms with Crippen molar-refractivity contribution < 1.29 is 4.79 Å². The molecule has 6 heteroatoms. The van der Waals surface area contributed by atoms with Crippen molar-refractivity contribution in [3.63, 3.8) is 0 Å². The summed E-state index contributed by atoms with van der Waals surface area (Å²) in [6, 6.07) is 4.37. The van der Waals surface area contributed by atoms with Crippen LogP contribution in [-0.4, -0.2) is 26.3 Å². The Labute approximate surface area is 130 Å². The van der Waals surface area contributed by atoms with Crippen molar-refractivity contribution in [1.29, 1.82) is 0 Å². The first-order valence-corrected chi connectivity index (χ1v) is 7.82. The number of hydrogen-bond donors (Lipinski definition) is 2. The van der Waals surface area contributed by atoms with Crippen LogP contribution in [0.5, 0.6) is 0 Å². The standard InChI is InChI=1S/C16H23N5O/c1-3-21-11-12(9-18-21)16-14(6-7-15(22)19-16)17-10-13-5-4-8-20(13)2/h4-5,8-9,11,14,16-17H,3,6-7,10H2,1-2H3,(H,19,22)/t14-,16+/m1/s1. The Morgan fingerprint density at radius 2 is 2.36 bits per heavy atom. The number of aryl methyl sites for hydroxylation is 2. The van der Waals surface area contributed by atoms with E-state index < -0.39 is 0 Å². The van der Waals surface area contributed by atoms with E-state index in [9.17, 15) is 4.79 Å². The van der Waals surface area contributed by atoms with Crippen LogP contribution in [0.2, 0.25) is 0 Å². The second kappa shape index (κ2) is 6.36. The molecule has 1 fully saturated rings. The smallest absolute Gasteiger partial charge is 0.220 e. The van der Waals surface area contributed by atoms with E-state index in [0.717, 1.165) is 25.1 Å².